The Morgan fingerprint density at radius 1 is 1.44 bits per heavy atom. The zero-order chi connectivity index (χ0) is 13.1. The number of pyridine rings is 1. The van der Waals surface area contributed by atoms with Crippen molar-refractivity contribution in [1.82, 2.24) is 4.98 Å². The second kappa shape index (κ2) is 5.16. The number of halogens is 1. The maximum atomic E-state index is 5.96. The molecule has 0 aliphatic carbocycles. The fourth-order valence-electron chi connectivity index (χ4n) is 1.63. The number of anilines is 1. The number of hydrogen-bond donors (Lipinski definition) is 1. The van der Waals surface area contributed by atoms with Gasteiger partial charge >= 0.3 is 0 Å². The zero-order valence-electron chi connectivity index (χ0n) is 9.97. The summed E-state index contributed by atoms with van der Waals surface area (Å²) in [5.41, 5.74) is 1.74. The fourth-order valence-corrected chi connectivity index (χ4v) is 1.75. The Balaban J connectivity index is 2.39. The second-order valence-electron chi connectivity index (χ2n) is 3.79. The second-order valence-corrected chi connectivity index (χ2v) is 4.22. The molecule has 0 radical (unpaired) electrons. The Bertz CT molecular complexity index is 621. The van der Waals surface area contributed by atoms with Crippen LogP contribution < -0.4 is 10.9 Å². The summed E-state index contributed by atoms with van der Waals surface area (Å²) < 4.78 is 0. The van der Waals surface area contributed by atoms with E-state index in [4.69, 9.17) is 17.4 Å². The van der Waals surface area contributed by atoms with Gasteiger partial charge in [0.2, 0.25) is 0 Å². The number of nitrogens with two attached hydrogens (primary N) is 1. The predicted octanol–water partition coefficient (Wildman–Crippen LogP) is 3.04. The molecule has 1 aromatic heterocycles. The Morgan fingerprint density at radius 2 is 2.22 bits per heavy atom. The van der Waals surface area contributed by atoms with Crippen molar-refractivity contribution < 1.29 is 0 Å². The van der Waals surface area contributed by atoms with Crippen LogP contribution in [0.5, 0.6) is 0 Å². The molecule has 0 saturated carbocycles. The van der Waals surface area contributed by atoms with Crippen molar-refractivity contribution in [3.05, 3.63) is 48.3 Å². The first-order valence-corrected chi connectivity index (χ1v) is 5.75. The van der Waals surface area contributed by atoms with Crippen molar-refractivity contribution in [3.63, 3.8) is 0 Å². The molecule has 1 heterocycles. The molecule has 0 aliphatic heterocycles. The van der Waals surface area contributed by atoms with Gasteiger partial charge in [-0.05, 0) is 31.2 Å². The van der Waals surface area contributed by atoms with E-state index in [0.717, 1.165) is 16.6 Å². The minimum atomic E-state index is 0.199. The summed E-state index contributed by atoms with van der Waals surface area (Å²) >= 11 is 5.63. The Kier molecular flexibility index (Phi) is 3.60. The first kappa shape index (κ1) is 12.5. The van der Waals surface area contributed by atoms with E-state index in [1.165, 1.54) is 5.01 Å². The topological polar surface area (TPSA) is 54.5 Å². The summed E-state index contributed by atoms with van der Waals surface area (Å²) in [6.45, 7) is 5.27. The van der Waals surface area contributed by atoms with E-state index >= 15 is 0 Å². The Morgan fingerprint density at radius 3 is 2.94 bits per heavy atom. The average Bonchev–Trinajstić information content (AvgIpc) is 2.36. The predicted molar refractivity (Wildman–Crippen MR) is 76.5 cm³/mol. The van der Waals surface area contributed by atoms with Gasteiger partial charge < -0.3 is 0 Å². The summed E-state index contributed by atoms with van der Waals surface area (Å²) in [5, 5.41) is 2.67. The molecule has 4 nitrogen and oxygen atoms in total. The van der Waals surface area contributed by atoms with E-state index < -0.39 is 0 Å². The van der Waals surface area contributed by atoms with Crippen LogP contribution in [-0.2, 0) is 0 Å². The number of benzene rings is 1. The van der Waals surface area contributed by atoms with Gasteiger partial charge in [-0.1, -0.05) is 24.2 Å². The van der Waals surface area contributed by atoms with E-state index in [-0.39, 0.29) is 5.16 Å². The molecule has 0 spiro atoms. The molecule has 0 amide bonds. The van der Waals surface area contributed by atoms with Gasteiger partial charge in [-0.15, -0.1) is 0 Å². The van der Waals surface area contributed by atoms with Crippen LogP contribution in [0.3, 0.4) is 0 Å². The van der Waals surface area contributed by atoms with E-state index in [0.29, 0.717) is 5.84 Å². The first-order chi connectivity index (χ1) is 8.58. The highest BCUT2D eigenvalue weighted by molar-refractivity contribution is 6.29. The summed E-state index contributed by atoms with van der Waals surface area (Å²) in [5.74, 6) is 6.53. The van der Waals surface area contributed by atoms with Gasteiger partial charge in [-0.2, -0.15) is 0 Å². The van der Waals surface area contributed by atoms with Gasteiger partial charge in [0.1, 0.15) is 11.0 Å². The van der Waals surface area contributed by atoms with E-state index in [2.05, 4.69) is 16.6 Å². The molecular formula is C13H13ClN4. The van der Waals surface area contributed by atoms with Crippen LogP contribution in [0.1, 0.15) is 6.92 Å². The van der Waals surface area contributed by atoms with Crippen molar-refractivity contribution in [2.45, 2.75) is 6.92 Å². The average molecular weight is 261 g/mol. The molecule has 1 aromatic carbocycles. The van der Waals surface area contributed by atoms with Crippen LogP contribution in [0, 0.1) is 0 Å². The number of aliphatic imine (C=N–C) groups is 1. The molecule has 92 valence electrons. The third-order valence-electron chi connectivity index (χ3n) is 2.50. The van der Waals surface area contributed by atoms with Crippen LogP contribution in [0.15, 0.2) is 53.3 Å². The van der Waals surface area contributed by atoms with Crippen molar-refractivity contribution in [1.29, 1.82) is 0 Å². The lowest BCUT2D eigenvalue weighted by atomic mass is 10.2. The quantitative estimate of drug-likeness (QED) is 0.297. The maximum absolute atomic E-state index is 5.96. The van der Waals surface area contributed by atoms with Crippen molar-refractivity contribution in [2.75, 3.05) is 5.01 Å². The van der Waals surface area contributed by atoms with Crippen LogP contribution in [0.25, 0.3) is 10.9 Å². The summed E-state index contributed by atoms with van der Waals surface area (Å²) in [7, 11) is 0. The van der Waals surface area contributed by atoms with Crippen LogP contribution in [-0.4, -0.2) is 10.8 Å². The maximum Gasteiger partial charge on any atom is 0.124 e. The number of amidine groups is 1. The van der Waals surface area contributed by atoms with Crippen molar-refractivity contribution in [3.8, 4) is 0 Å². The third-order valence-corrected chi connectivity index (χ3v) is 2.58. The van der Waals surface area contributed by atoms with Gasteiger partial charge in [0, 0.05) is 11.6 Å². The van der Waals surface area contributed by atoms with Crippen molar-refractivity contribution >= 4 is 34.0 Å². The lowest BCUT2D eigenvalue weighted by molar-refractivity contribution is 1.11. The molecule has 0 unspecified atom stereocenters. The first-order valence-electron chi connectivity index (χ1n) is 5.37. The standard InChI is InChI=1S/C13H13ClN4/c1-9(14)17-10(2)18(15)12-5-6-13-11(8-12)4-3-7-16-13/h3-8H,1,15H2,2H3. The number of fused-ring (bicyclic) bond motifs is 1. The molecule has 2 rings (SSSR count). The SMILES string of the molecule is C=C(Cl)N=C(C)N(N)c1ccc2ncccc2c1. The molecule has 2 N–H and O–H groups in total. The van der Waals surface area contributed by atoms with Crippen LogP contribution in [0.2, 0.25) is 0 Å². The zero-order valence-corrected chi connectivity index (χ0v) is 10.7. The fraction of sp³-hybridized carbons (Fsp3) is 0.0769. The van der Waals surface area contributed by atoms with Crippen molar-refractivity contribution in [2.24, 2.45) is 10.8 Å². The number of hydrogen-bond acceptors (Lipinski definition) is 3. The smallest absolute Gasteiger partial charge is 0.124 e. The summed E-state index contributed by atoms with van der Waals surface area (Å²) in [6, 6.07) is 9.60. The number of hydrazine groups is 1. The highest BCUT2D eigenvalue weighted by Crippen LogP contribution is 2.19. The number of nitrogens with zero attached hydrogens (tertiary/aromatic N) is 3. The summed E-state index contributed by atoms with van der Waals surface area (Å²) in [6.07, 6.45) is 1.76. The highest BCUT2D eigenvalue weighted by atomic mass is 35.5. The molecule has 0 atom stereocenters. The molecular weight excluding hydrogens is 248 g/mol. The minimum absolute atomic E-state index is 0.199. The lowest BCUT2D eigenvalue weighted by Crippen LogP contribution is -2.35. The molecule has 0 bridgehead atoms. The van der Waals surface area contributed by atoms with Gasteiger partial charge in [0.25, 0.3) is 0 Å². The Hall–Kier alpha value is -1.91. The van der Waals surface area contributed by atoms with Gasteiger partial charge in [-0.25, -0.2) is 10.8 Å². The normalized spacial score (nSPS) is 11.6. The van der Waals surface area contributed by atoms with Gasteiger partial charge in [0.05, 0.1) is 11.2 Å². The molecule has 2 aromatic rings. The Labute approximate surface area is 110 Å². The monoisotopic (exact) mass is 260 g/mol. The van der Waals surface area contributed by atoms with E-state index in [1.807, 2.05) is 30.3 Å². The van der Waals surface area contributed by atoms with Crippen LogP contribution in [0.4, 0.5) is 5.69 Å². The molecule has 0 fully saturated rings. The van der Waals surface area contributed by atoms with Gasteiger partial charge in [-0.3, -0.25) is 9.99 Å². The molecule has 18 heavy (non-hydrogen) atoms. The minimum Gasteiger partial charge on any atom is -0.266 e. The summed E-state index contributed by atoms with van der Waals surface area (Å²) in [4.78, 5) is 8.26. The highest BCUT2D eigenvalue weighted by Gasteiger charge is 2.06. The van der Waals surface area contributed by atoms with E-state index in [1.54, 1.807) is 13.1 Å². The third kappa shape index (κ3) is 2.67. The molecule has 5 heteroatoms. The number of rotatable bonds is 2. The lowest BCUT2D eigenvalue weighted by Gasteiger charge is -2.18. The number of aromatic nitrogens is 1. The van der Waals surface area contributed by atoms with Gasteiger partial charge in [0.15, 0.2) is 0 Å². The molecule has 0 saturated heterocycles. The largest absolute Gasteiger partial charge is 0.266 e. The van der Waals surface area contributed by atoms with Crippen LogP contribution >= 0.6 is 11.6 Å². The van der Waals surface area contributed by atoms with E-state index in [9.17, 15) is 0 Å². The molecule has 0 aliphatic rings.